The number of carbonyl (C=O) groups excluding carboxylic acids is 1. The molecule has 0 radical (unpaired) electrons. The zero-order valence-corrected chi connectivity index (χ0v) is 18.6. The van der Waals surface area contributed by atoms with E-state index in [2.05, 4.69) is 48.3 Å². The number of furan rings is 1. The van der Waals surface area contributed by atoms with Crippen molar-refractivity contribution in [2.45, 2.75) is 0 Å². The third kappa shape index (κ3) is 4.70. The van der Waals surface area contributed by atoms with Gasteiger partial charge in [-0.15, -0.1) is 6.42 Å². The summed E-state index contributed by atoms with van der Waals surface area (Å²) in [6.45, 7) is 0.0487. The molecular weight excluding hydrogens is 535 g/mol. The third-order valence-electron chi connectivity index (χ3n) is 3.46. The van der Waals surface area contributed by atoms with Gasteiger partial charge in [-0.05, 0) is 51.8 Å². The van der Waals surface area contributed by atoms with E-state index in [-0.39, 0.29) is 22.4 Å². The Bertz CT molecular complexity index is 1110. The fourth-order valence-electron chi connectivity index (χ4n) is 2.31. The first-order chi connectivity index (χ1) is 13.4. The average molecular weight is 545 g/mol. The van der Waals surface area contributed by atoms with Crippen molar-refractivity contribution in [3.05, 3.63) is 60.6 Å². The summed E-state index contributed by atoms with van der Waals surface area (Å²) in [7, 11) is 0. The van der Waals surface area contributed by atoms with E-state index >= 15 is 0 Å². The fraction of sp³-hybridized carbons (Fsp3) is 0.0526. The number of carbonyl (C=O) groups is 1. The maximum absolute atomic E-state index is 12.3. The van der Waals surface area contributed by atoms with E-state index in [4.69, 9.17) is 38.8 Å². The van der Waals surface area contributed by atoms with Gasteiger partial charge in [-0.2, -0.15) is 5.10 Å². The van der Waals surface area contributed by atoms with Crippen LogP contribution in [0.2, 0.25) is 10.0 Å². The van der Waals surface area contributed by atoms with Crippen LogP contribution in [-0.4, -0.2) is 18.7 Å². The SMILES string of the molecule is C#CCOc1c(Cl)cc(/C=N\NC(=O)c2cc3cc(Br)cc(Br)c3o2)cc1Cl. The van der Waals surface area contributed by atoms with Gasteiger partial charge >= 0.3 is 5.91 Å². The maximum atomic E-state index is 12.3. The van der Waals surface area contributed by atoms with Crippen molar-refractivity contribution >= 4 is 78.2 Å². The van der Waals surface area contributed by atoms with Crippen LogP contribution in [0.3, 0.4) is 0 Å². The van der Waals surface area contributed by atoms with E-state index < -0.39 is 5.91 Å². The fourth-order valence-corrected chi connectivity index (χ4v) is 4.27. The highest BCUT2D eigenvalue weighted by atomic mass is 79.9. The standard InChI is InChI=1S/C19H10Br2Cl2N2O3/c1-2-3-27-18-14(22)4-10(5-15(18)23)9-24-25-19(26)16-7-11-6-12(20)8-13(21)17(11)28-16/h1,4-9H,3H2,(H,25,26)/b24-9-. The second-order valence-corrected chi connectivity index (χ2v) is 8.01. The Morgan fingerprint density at radius 1 is 1.25 bits per heavy atom. The minimum atomic E-state index is -0.498. The van der Waals surface area contributed by atoms with Gasteiger partial charge in [-0.1, -0.05) is 45.1 Å². The van der Waals surface area contributed by atoms with E-state index in [9.17, 15) is 4.79 Å². The lowest BCUT2D eigenvalue weighted by molar-refractivity contribution is 0.0929. The van der Waals surface area contributed by atoms with Gasteiger partial charge in [0.2, 0.25) is 0 Å². The molecule has 2 aromatic carbocycles. The Hall–Kier alpha value is -1.98. The Kier molecular flexibility index (Phi) is 6.68. The van der Waals surface area contributed by atoms with Gasteiger partial charge in [0.15, 0.2) is 11.5 Å². The molecule has 142 valence electrons. The van der Waals surface area contributed by atoms with Gasteiger partial charge in [0.05, 0.1) is 20.7 Å². The Morgan fingerprint density at radius 2 is 1.96 bits per heavy atom. The molecule has 3 aromatic rings. The molecule has 9 heteroatoms. The number of rotatable bonds is 5. The zero-order valence-electron chi connectivity index (χ0n) is 13.9. The van der Waals surface area contributed by atoms with Crippen LogP contribution < -0.4 is 10.2 Å². The number of hydrogen-bond acceptors (Lipinski definition) is 4. The number of nitrogens with one attached hydrogen (secondary N) is 1. The molecule has 3 rings (SSSR count). The summed E-state index contributed by atoms with van der Waals surface area (Å²) in [4.78, 5) is 12.3. The van der Waals surface area contributed by atoms with E-state index in [1.165, 1.54) is 6.21 Å². The summed E-state index contributed by atoms with van der Waals surface area (Å²) in [5.41, 5.74) is 3.53. The average Bonchev–Trinajstić information content (AvgIpc) is 3.05. The van der Waals surface area contributed by atoms with Gasteiger partial charge in [-0.3, -0.25) is 4.79 Å². The molecule has 1 amide bonds. The predicted octanol–water partition coefficient (Wildman–Crippen LogP) is 6.04. The van der Waals surface area contributed by atoms with Crippen molar-refractivity contribution in [3.8, 4) is 18.1 Å². The van der Waals surface area contributed by atoms with Crippen LogP contribution in [0.1, 0.15) is 16.1 Å². The van der Waals surface area contributed by atoms with Crippen molar-refractivity contribution < 1.29 is 13.9 Å². The van der Waals surface area contributed by atoms with E-state index in [0.717, 1.165) is 14.3 Å². The lowest BCUT2D eigenvalue weighted by Crippen LogP contribution is -2.16. The van der Waals surface area contributed by atoms with E-state index in [1.54, 1.807) is 18.2 Å². The van der Waals surface area contributed by atoms with Gasteiger partial charge in [-0.25, -0.2) is 5.43 Å². The third-order valence-corrected chi connectivity index (χ3v) is 5.07. The number of ether oxygens (including phenoxy) is 1. The minimum Gasteiger partial charge on any atom is -0.478 e. The van der Waals surface area contributed by atoms with Crippen molar-refractivity contribution in [2.75, 3.05) is 6.61 Å². The molecule has 0 spiro atoms. The van der Waals surface area contributed by atoms with Crippen LogP contribution >= 0.6 is 55.1 Å². The summed E-state index contributed by atoms with van der Waals surface area (Å²) in [5, 5.41) is 5.24. The number of hydrazone groups is 1. The van der Waals surface area contributed by atoms with Gasteiger partial charge in [0.25, 0.3) is 0 Å². The Labute approximate surface area is 187 Å². The highest BCUT2D eigenvalue weighted by molar-refractivity contribution is 9.11. The van der Waals surface area contributed by atoms with Crippen molar-refractivity contribution in [2.24, 2.45) is 5.10 Å². The normalized spacial score (nSPS) is 11.0. The summed E-state index contributed by atoms with van der Waals surface area (Å²) in [6.07, 6.45) is 6.55. The number of amides is 1. The zero-order chi connectivity index (χ0) is 20.3. The minimum absolute atomic E-state index is 0.0487. The molecule has 0 saturated heterocycles. The molecular formula is C19H10Br2Cl2N2O3. The number of halogens is 4. The second-order valence-electron chi connectivity index (χ2n) is 5.42. The van der Waals surface area contributed by atoms with E-state index in [1.807, 2.05) is 12.1 Å². The molecule has 0 fully saturated rings. The van der Waals surface area contributed by atoms with Crippen LogP contribution in [0.15, 0.2) is 48.8 Å². The number of benzene rings is 2. The molecule has 0 saturated carbocycles. The number of terminal acetylenes is 1. The predicted molar refractivity (Wildman–Crippen MR) is 117 cm³/mol. The second kappa shape index (κ2) is 9.01. The van der Waals surface area contributed by atoms with Crippen molar-refractivity contribution in [1.29, 1.82) is 0 Å². The number of nitrogens with zero attached hydrogens (tertiary/aromatic N) is 1. The molecule has 1 N–H and O–H groups in total. The smallest absolute Gasteiger partial charge is 0.307 e. The van der Waals surface area contributed by atoms with Crippen LogP contribution in [0.25, 0.3) is 11.0 Å². The molecule has 1 aromatic heterocycles. The first kappa shape index (κ1) is 20.7. The topological polar surface area (TPSA) is 63.8 Å². The summed E-state index contributed by atoms with van der Waals surface area (Å²) in [5.74, 6) is 2.26. The number of hydrogen-bond donors (Lipinski definition) is 1. The molecule has 5 nitrogen and oxygen atoms in total. The Morgan fingerprint density at radius 3 is 2.64 bits per heavy atom. The van der Waals surface area contributed by atoms with Crippen LogP contribution in [0.4, 0.5) is 0 Å². The van der Waals surface area contributed by atoms with Crippen LogP contribution in [0, 0.1) is 12.3 Å². The molecule has 0 aliphatic carbocycles. The van der Waals surface area contributed by atoms with Gasteiger partial charge < -0.3 is 9.15 Å². The lowest BCUT2D eigenvalue weighted by atomic mass is 10.2. The van der Waals surface area contributed by atoms with Crippen molar-refractivity contribution in [3.63, 3.8) is 0 Å². The maximum Gasteiger partial charge on any atom is 0.307 e. The van der Waals surface area contributed by atoms with Gasteiger partial charge in [0.1, 0.15) is 12.2 Å². The van der Waals surface area contributed by atoms with Gasteiger partial charge in [0, 0.05) is 9.86 Å². The quantitative estimate of drug-likeness (QED) is 0.242. The highest BCUT2D eigenvalue weighted by Crippen LogP contribution is 2.34. The molecule has 0 aliphatic rings. The largest absolute Gasteiger partial charge is 0.478 e. The Balaban J connectivity index is 1.73. The van der Waals surface area contributed by atoms with Crippen LogP contribution in [0.5, 0.6) is 5.75 Å². The molecule has 0 unspecified atom stereocenters. The molecule has 1 heterocycles. The van der Waals surface area contributed by atoms with Crippen molar-refractivity contribution in [1.82, 2.24) is 5.43 Å². The lowest BCUT2D eigenvalue weighted by Gasteiger charge is -2.08. The summed E-state index contributed by atoms with van der Waals surface area (Å²) < 4.78 is 12.5. The first-order valence-corrected chi connectivity index (χ1v) is 10.0. The summed E-state index contributed by atoms with van der Waals surface area (Å²) >= 11 is 19.0. The molecule has 0 aliphatic heterocycles. The van der Waals surface area contributed by atoms with E-state index in [0.29, 0.717) is 16.9 Å². The molecule has 28 heavy (non-hydrogen) atoms. The monoisotopic (exact) mass is 542 g/mol. The highest BCUT2D eigenvalue weighted by Gasteiger charge is 2.14. The van der Waals surface area contributed by atoms with Crippen LogP contribution in [-0.2, 0) is 0 Å². The first-order valence-electron chi connectivity index (χ1n) is 7.66. The molecule has 0 atom stereocenters. The summed E-state index contributed by atoms with van der Waals surface area (Å²) in [6, 6.07) is 8.48. The number of fused-ring (bicyclic) bond motifs is 1. The molecule has 0 bridgehead atoms.